The van der Waals surface area contributed by atoms with Crippen molar-refractivity contribution < 1.29 is 27.8 Å². The van der Waals surface area contributed by atoms with Gasteiger partial charge in [-0.1, -0.05) is 12.1 Å². The monoisotopic (exact) mass is 341 g/mol. The third-order valence-corrected chi connectivity index (χ3v) is 4.78. The van der Waals surface area contributed by atoms with Crippen LogP contribution in [0.4, 0.5) is 13.2 Å². The Kier molecular flexibility index (Phi) is 4.29. The van der Waals surface area contributed by atoms with Crippen LogP contribution in [0.1, 0.15) is 18.4 Å². The van der Waals surface area contributed by atoms with E-state index < -0.39 is 30.3 Å². The second-order valence-electron chi connectivity index (χ2n) is 6.13. The molecule has 1 aliphatic heterocycles. The Morgan fingerprint density at radius 1 is 1.33 bits per heavy atom. The fourth-order valence-electron chi connectivity index (χ4n) is 3.60. The zero-order chi connectivity index (χ0) is 17.5. The maximum atomic E-state index is 13.1. The topological polar surface area (TPSA) is 49.8 Å². The molecule has 1 saturated carbocycles. The molecule has 1 aromatic carbocycles. The summed E-state index contributed by atoms with van der Waals surface area (Å²) in [6.45, 7) is -0.795. The predicted octanol–water partition coefficient (Wildman–Crippen LogP) is 2.67. The highest BCUT2D eigenvalue weighted by molar-refractivity contribution is 5.84. The molecule has 2 unspecified atom stereocenters. The van der Waals surface area contributed by atoms with E-state index in [0.29, 0.717) is 12.2 Å². The first-order valence-corrected chi connectivity index (χ1v) is 7.68. The summed E-state index contributed by atoms with van der Waals surface area (Å²) in [6, 6.07) is 6.50. The molecule has 2 aliphatic rings. The normalized spacial score (nSPS) is 25.4. The molecule has 2 fully saturated rings. The number of hydrogen-bond acceptors (Lipinski definition) is 3. The standard InChI is InChI=1S/C17H18F3NO3/c1-24-12-4-2-10(3-5-12)8-21-15-7-11(16(21)23)6-13(15)14(9-22)17(18,19)20/h2-5,11,15,22H,6-9H2,1H3/b14-13-. The number of alkyl halides is 3. The minimum absolute atomic E-state index is 0.0953. The quantitative estimate of drug-likeness (QED) is 0.857. The van der Waals surface area contributed by atoms with Gasteiger partial charge in [-0.15, -0.1) is 0 Å². The first kappa shape index (κ1) is 16.8. The van der Waals surface area contributed by atoms with Crippen molar-refractivity contribution in [3.05, 3.63) is 41.0 Å². The Morgan fingerprint density at radius 3 is 2.50 bits per heavy atom. The van der Waals surface area contributed by atoms with E-state index in [1.165, 1.54) is 4.90 Å². The zero-order valence-corrected chi connectivity index (χ0v) is 13.1. The fourth-order valence-corrected chi connectivity index (χ4v) is 3.60. The highest BCUT2D eigenvalue weighted by Gasteiger charge is 2.51. The van der Waals surface area contributed by atoms with Crippen LogP contribution in [0.3, 0.4) is 0 Å². The molecule has 0 spiro atoms. The van der Waals surface area contributed by atoms with Gasteiger partial charge in [0.2, 0.25) is 5.91 Å². The van der Waals surface area contributed by atoms with Crippen molar-refractivity contribution >= 4 is 5.91 Å². The highest BCUT2D eigenvalue weighted by atomic mass is 19.4. The number of aliphatic hydroxyl groups excluding tert-OH is 1. The number of fused-ring (bicyclic) bond motifs is 2. The van der Waals surface area contributed by atoms with Crippen molar-refractivity contribution in [3.8, 4) is 5.75 Å². The third-order valence-electron chi connectivity index (χ3n) is 4.78. The second-order valence-corrected chi connectivity index (χ2v) is 6.13. The van der Waals surface area contributed by atoms with Crippen LogP contribution < -0.4 is 4.74 Å². The number of amides is 1. The Labute approximate surface area is 137 Å². The van der Waals surface area contributed by atoms with Gasteiger partial charge in [-0.25, -0.2) is 0 Å². The van der Waals surface area contributed by atoms with Gasteiger partial charge in [0.1, 0.15) is 5.75 Å². The van der Waals surface area contributed by atoms with Crippen LogP contribution in [-0.2, 0) is 11.3 Å². The number of nitrogens with zero attached hydrogens (tertiary/aromatic N) is 1. The van der Waals surface area contributed by atoms with E-state index in [1.807, 2.05) is 0 Å². The summed E-state index contributed by atoms with van der Waals surface area (Å²) in [5.74, 6) is 0.152. The van der Waals surface area contributed by atoms with Crippen molar-refractivity contribution in [1.29, 1.82) is 0 Å². The van der Waals surface area contributed by atoms with Crippen molar-refractivity contribution in [2.45, 2.75) is 31.6 Å². The Hall–Kier alpha value is -2.02. The first-order valence-electron chi connectivity index (χ1n) is 7.68. The minimum atomic E-state index is -4.57. The summed E-state index contributed by atoms with van der Waals surface area (Å²) in [5.41, 5.74) is 0.0824. The molecule has 1 heterocycles. The summed E-state index contributed by atoms with van der Waals surface area (Å²) in [4.78, 5) is 13.8. The van der Waals surface area contributed by atoms with Crippen LogP contribution >= 0.6 is 0 Å². The molecule has 3 rings (SSSR count). The lowest BCUT2D eigenvalue weighted by atomic mass is 9.97. The molecule has 4 nitrogen and oxygen atoms in total. The molecule has 1 N–H and O–H groups in total. The number of carbonyl (C=O) groups is 1. The number of carbonyl (C=O) groups excluding carboxylic acids is 1. The van der Waals surface area contributed by atoms with E-state index in [9.17, 15) is 18.0 Å². The van der Waals surface area contributed by atoms with Crippen LogP contribution in [0.2, 0.25) is 0 Å². The number of rotatable bonds is 4. The molecular weight excluding hydrogens is 323 g/mol. The van der Waals surface area contributed by atoms with Gasteiger partial charge in [-0.05, 0) is 36.1 Å². The van der Waals surface area contributed by atoms with Crippen LogP contribution in [0.5, 0.6) is 5.75 Å². The number of aliphatic hydroxyl groups is 1. The number of likely N-dealkylation sites (tertiary alicyclic amines) is 1. The number of halogens is 3. The van der Waals surface area contributed by atoms with Crippen molar-refractivity contribution in [1.82, 2.24) is 4.90 Å². The van der Waals surface area contributed by atoms with E-state index in [-0.39, 0.29) is 24.4 Å². The van der Waals surface area contributed by atoms with E-state index in [2.05, 4.69) is 0 Å². The summed E-state index contributed by atoms with van der Waals surface area (Å²) < 4.78 is 44.4. The lowest BCUT2D eigenvalue weighted by molar-refractivity contribution is -0.134. The van der Waals surface area contributed by atoms with Gasteiger partial charge in [0.05, 0.1) is 25.3 Å². The molecule has 1 amide bonds. The van der Waals surface area contributed by atoms with E-state index in [1.54, 1.807) is 31.4 Å². The molecule has 1 aromatic rings. The number of methoxy groups -OCH3 is 1. The SMILES string of the molecule is COc1ccc(CN2C(=O)C3C/C(=C(\CO)C(F)(F)F)C2C3)cc1. The molecule has 24 heavy (non-hydrogen) atoms. The van der Waals surface area contributed by atoms with Crippen LogP contribution in [0, 0.1) is 5.92 Å². The minimum Gasteiger partial charge on any atom is -0.497 e. The average molecular weight is 341 g/mol. The highest BCUT2D eigenvalue weighted by Crippen LogP contribution is 2.46. The molecule has 1 saturated heterocycles. The molecule has 2 atom stereocenters. The summed E-state index contributed by atoms with van der Waals surface area (Å²) in [7, 11) is 1.54. The van der Waals surface area contributed by atoms with Crippen LogP contribution in [0.15, 0.2) is 35.4 Å². The molecular formula is C17H18F3NO3. The van der Waals surface area contributed by atoms with E-state index >= 15 is 0 Å². The van der Waals surface area contributed by atoms with Gasteiger partial charge >= 0.3 is 6.18 Å². The number of ether oxygens (including phenoxy) is 1. The smallest absolute Gasteiger partial charge is 0.414 e. The van der Waals surface area contributed by atoms with Crippen molar-refractivity contribution in [3.63, 3.8) is 0 Å². The second kappa shape index (κ2) is 6.12. The van der Waals surface area contributed by atoms with Gasteiger partial charge in [0.25, 0.3) is 0 Å². The van der Waals surface area contributed by atoms with E-state index in [0.717, 1.165) is 5.56 Å². The molecule has 2 bridgehead atoms. The molecule has 7 heteroatoms. The molecule has 0 radical (unpaired) electrons. The maximum absolute atomic E-state index is 13.1. The third kappa shape index (κ3) is 2.88. The van der Waals surface area contributed by atoms with Gasteiger partial charge in [0, 0.05) is 12.5 Å². The van der Waals surface area contributed by atoms with Gasteiger partial charge in [-0.3, -0.25) is 4.79 Å². The number of hydrogen-bond donors (Lipinski definition) is 1. The molecule has 1 aliphatic carbocycles. The van der Waals surface area contributed by atoms with E-state index in [4.69, 9.17) is 9.84 Å². The summed E-state index contributed by atoms with van der Waals surface area (Å²) in [5, 5.41) is 9.15. The lowest BCUT2D eigenvalue weighted by Crippen LogP contribution is -2.39. The Balaban J connectivity index is 1.86. The van der Waals surface area contributed by atoms with Crippen LogP contribution in [-0.4, -0.2) is 41.8 Å². The fraction of sp³-hybridized carbons (Fsp3) is 0.471. The zero-order valence-electron chi connectivity index (χ0n) is 13.1. The van der Waals surface area contributed by atoms with Gasteiger partial charge < -0.3 is 14.7 Å². The average Bonchev–Trinajstić information content (AvgIpc) is 3.07. The predicted molar refractivity (Wildman–Crippen MR) is 80.2 cm³/mol. The lowest BCUT2D eigenvalue weighted by Gasteiger charge is -2.31. The van der Waals surface area contributed by atoms with Crippen LogP contribution in [0.25, 0.3) is 0 Å². The first-order chi connectivity index (χ1) is 11.3. The summed E-state index contributed by atoms with van der Waals surface area (Å²) >= 11 is 0. The van der Waals surface area contributed by atoms with Crippen molar-refractivity contribution in [2.24, 2.45) is 5.92 Å². The maximum Gasteiger partial charge on any atom is 0.414 e. The van der Waals surface area contributed by atoms with Crippen molar-refractivity contribution in [2.75, 3.05) is 13.7 Å². The molecule has 0 aromatic heterocycles. The van der Waals surface area contributed by atoms with Gasteiger partial charge in [-0.2, -0.15) is 13.2 Å². The number of piperidine rings is 1. The van der Waals surface area contributed by atoms with Gasteiger partial charge in [0.15, 0.2) is 0 Å². The Bertz CT molecular complexity index is 667. The molecule has 130 valence electrons. The summed E-state index contributed by atoms with van der Waals surface area (Å²) in [6.07, 6.45) is -4.08. The largest absolute Gasteiger partial charge is 0.497 e. The Morgan fingerprint density at radius 2 is 2.00 bits per heavy atom. The number of benzene rings is 1.